The van der Waals surface area contributed by atoms with Crippen molar-refractivity contribution in [3.8, 4) is 0 Å². The average molecular weight is 316 g/mol. The van der Waals surface area contributed by atoms with Gasteiger partial charge in [0.25, 0.3) is 5.91 Å². The third kappa shape index (κ3) is 3.23. The van der Waals surface area contributed by atoms with Gasteiger partial charge in [-0.05, 0) is 36.2 Å². The molecule has 0 saturated carbocycles. The smallest absolute Gasteiger partial charge is 0.285 e. The number of amides is 1. The van der Waals surface area contributed by atoms with Gasteiger partial charge in [-0.15, -0.1) is 10.2 Å². The molecule has 0 aliphatic heterocycles. The van der Waals surface area contributed by atoms with E-state index >= 15 is 0 Å². The van der Waals surface area contributed by atoms with Gasteiger partial charge in [0, 0.05) is 12.1 Å². The van der Waals surface area contributed by atoms with E-state index in [9.17, 15) is 4.79 Å². The lowest BCUT2D eigenvalue weighted by Crippen LogP contribution is -2.29. The van der Waals surface area contributed by atoms with Crippen LogP contribution < -0.4 is 0 Å². The predicted molar refractivity (Wildman–Crippen MR) is 76.9 cm³/mol. The van der Waals surface area contributed by atoms with Gasteiger partial charge in [-0.25, -0.2) is 0 Å². The largest absolute Gasteiger partial charge is 0.333 e. The lowest BCUT2D eigenvalue weighted by atomic mass is 10.1. The second-order valence-electron chi connectivity index (χ2n) is 4.00. The second kappa shape index (κ2) is 5.86. The molecule has 0 saturated heterocycles. The monoisotopic (exact) mass is 315 g/mol. The van der Waals surface area contributed by atoms with Gasteiger partial charge in [-0.2, -0.15) is 0 Å². The zero-order valence-electron chi connectivity index (χ0n) is 10.3. The molecule has 19 heavy (non-hydrogen) atoms. The van der Waals surface area contributed by atoms with Crippen LogP contribution in [0.25, 0.3) is 0 Å². The van der Waals surface area contributed by atoms with Crippen LogP contribution in [0.2, 0.25) is 9.49 Å². The van der Waals surface area contributed by atoms with E-state index in [0.29, 0.717) is 5.02 Å². The highest BCUT2D eigenvalue weighted by Crippen LogP contribution is 2.24. The fourth-order valence-electron chi connectivity index (χ4n) is 1.58. The van der Waals surface area contributed by atoms with Gasteiger partial charge in [0.2, 0.25) is 9.47 Å². The lowest BCUT2D eigenvalue weighted by Gasteiger charge is -2.24. The summed E-state index contributed by atoms with van der Waals surface area (Å²) in [5.41, 5.74) is 0.996. The van der Waals surface area contributed by atoms with Crippen LogP contribution in [0.3, 0.4) is 0 Å². The van der Waals surface area contributed by atoms with Crippen molar-refractivity contribution >= 4 is 40.4 Å². The topological polar surface area (TPSA) is 46.1 Å². The number of halogens is 2. The Morgan fingerprint density at radius 2 is 1.89 bits per heavy atom. The first-order chi connectivity index (χ1) is 8.99. The summed E-state index contributed by atoms with van der Waals surface area (Å²) in [6.45, 7) is 1.93. The number of rotatable bonds is 3. The van der Waals surface area contributed by atoms with Crippen LogP contribution in [0.4, 0.5) is 0 Å². The van der Waals surface area contributed by atoms with Crippen molar-refractivity contribution in [2.75, 3.05) is 7.05 Å². The fraction of sp³-hybridized carbons (Fsp3) is 0.250. The lowest BCUT2D eigenvalue weighted by molar-refractivity contribution is 0.0741. The zero-order valence-corrected chi connectivity index (χ0v) is 12.6. The Morgan fingerprint density at radius 3 is 2.42 bits per heavy atom. The molecule has 0 fully saturated rings. The fourth-order valence-corrected chi connectivity index (χ4v) is 2.52. The maximum atomic E-state index is 12.2. The third-order valence-electron chi connectivity index (χ3n) is 2.84. The Labute approximate surface area is 125 Å². The number of aromatic nitrogens is 2. The Kier molecular flexibility index (Phi) is 4.39. The molecule has 0 spiro atoms. The Balaban J connectivity index is 2.16. The first-order valence-electron chi connectivity index (χ1n) is 5.50. The summed E-state index contributed by atoms with van der Waals surface area (Å²) in [7, 11) is 1.72. The molecule has 1 aromatic carbocycles. The molecule has 1 amide bonds. The quantitative estimate of drug-likeness (QED) is 0.868. The van der Waals surface area contributed by atoms with Gasteiger partial charge in [-0.1, -0.05) is 35.1 Å². The molecule has 0 aliphatic rings. The molecular weight excluding hydrogens is 305 g/mol. The van der Waals surface area contributed by atoms with Crippen LogP contribution in [0.1, 0.15) is 28.3 Å². The maximum Gasteiger partial charge on any atom is 0.285 e. The van der Waals surface area contributed by atoms with E-state index in [2.05, 4.69) is 10.2 Å². The Morgan fingerprint density at radius 1 is 1.26 bits per heavy atom. The molecule has 2 aromatic rings. The molecule has 1 heterocycles. The first kappa shape index (κ1) is 14.2. The van der Waals surface area contributed by atoms with Crippen molar-refractivity contribution in [1.29, 1.82) is 0 Å². The molecule has 100 valence electrons. The van der Waals surface area contributed by atoms with Gasteiger partial charge in [0.1, 0.15) is 0 Å². The second-order valence-corrected chi connectivity index (χ2v) is 6.00. The van der Waals surface area contributed by atoms with Gasteiger partial charge in [0.15, 0.2) is 0 Å². The van der Waals surface area contributed by atoms with Crippen LogP contribution in [0, 0.1) is 0 Å². The molecule has 2 rings (SSSR count). The molecule has 0 bridgehead atoms. The molecule has 0 N–H and O–H groups in total. The molecule has 4 nitrogen and oxygen atoms in total. The van der Waals surface area contributed by atoms with E-state index in [1.165, 1.54) is 0 Å². The van der Waals surface area contributed by atoms with Gasteiger partial charge < -0.3 is 4.90 Å². The number of carbonyl (C=O) groups excluding carboxylic acids is 1. The first-order valence-corrected chi connectivity index (χ1v) is 7.08. The van der Waals surface area contributed by atoms with Crippen LogP contribution >= 0.6 is 34.5 Å². The van der Waals surface area contributed by atoms with Crippen LogP contribution in [0.5, 0.6) is 0 Å². The summed E-state index contributed by atoms with van der Waals surface area (Å²) in [5.74, 6) is -0.202. The molecule has 1 unspecified atom stereocenters. The molecule has 7 heteroatoms. The minimum Gasteiger partial charge on any atom is -0.333 e. The number of nitrogens with zero attached hydrogens (tertiary/aromatic N) is 3. The number of hydrogen-bond acceptors (Lipinski definition) is 4. The van der Waals surface area contributed by atoms with Gasteiger partial charge in [0.05, 0.1) is 6.04 Å². The van der Waals surface area contributed by atoms with Crippen LogP contribution in [0.15, 0.2) is 24.3 Å². The van der Waals surface area contributed by atoms with E-state index in [4.69, 9.17) is 23.2 Å². The summed E-state index contributed by atoms with van der Waals surface area (Å²) >= 11 is 12.6. The standard InChI is InChI=1S/C12H11Cl2N3OS/c1-7(8-3-5-9(13)6-4-8)17(2)11(18)10-15-16-12(14)19-10/h3-7H,1-2H3. The summed E-state index contributed by atoms with van der Waals surface area (Å²) < 4.78 is 0.260. The SMILES string of the molecule is CC(c1ccc(Cl)cc1)N(C)C(=O)c1nnc(Cl)s1. The Hall–Kier alpha value is -1.17. The number of benzene rings is 1. The highest BCUT2D eigenvalue weighted by atomic mass is 35.5. The van der Waals surface area contributed by atoms with Crippen molar-refractivity contribution in [3.63, 3.8) is 0 Å². The van der Waals surface area contributed by atoms with Crippen molar-refractivity contribution in [2.24, 2.45) is 0 Å². The van der Waals surface area contributed by atoms with E-state index < -0.39 is 0 Å². The summed E-state index contributed by atoms with van der Waals surface area (Å²) in [6.07, 6.45) is 0. The van der Waals surface area contributed by atoms with Crippen LogP contribution in [-0.2, 0) is 0 Å². The highest BCUT2D eigenvalue weighted by molar-refractivity contribution is 7.17. The van der Waals surface area contributed by atoms with E-state index in [0.717, 1.165) is 16.9 Å². The minimum atomic E-state index is -0.202. The Bertz CT molecular complexity index is 585. The van der Waals surface area contributed by atoms with Crippen LogP contribution in [-0.4, -0.2) is 28.1 Å². The average Bonchev–Trinajstić information content (AvgIpc) is 2.84. The van der Waals surface area contributed by atoms with Gasteiger partial charge in [-0.3, -0.25) is 4.79 Å². The zero-order chi connectivity index (χ0) is 14.0. The third-order valence-corrected chi connectivity index (χ3v) is 4.10. The molecule has 0 radical (unpaired) electrons. The number of hydrogen-bond donors (Lipinski definition) is 0. The molecule has 1 atom stereocenters. The molecule has 1 aromatic heterocycles. The van der Waals surface area contributed by atoms with Crippen molar-refractivity contribution in [2.45, 2.75) is 13.0 Å². The summed E-state index contributed by atoms with van der Waals surface area (Å²) in [6, 6.07) is 7.29. The summed E-state index contributed by atoms with van der Waals surface area (Å²) in [4.78, 5) is 13.8. The predicted octanol–water partition coefficient (Wildman–Crippen LogP) is 3.68. The van der Waals surface area contributed by atoms with Crippen molar-refractivity contribution in [1.82, 2.24) is 15.1 Å². The van der Waals surface area contributed by atoms with E-state index in [1.807, 2.05) is 19.1 Å². The normalized spacial score (nSPS) is 12.2. The number of carbonyl (C=O) groups is 1. The molecule has 0 aliphatic carbocycles. The van der Waals surface area contributed by atoms with E-state index in [1.54, 1.807) is 24.1 Å². The molecular formula is C12H11Cl2N3OS. The van der Waals surface area contributed by atoms with Crippen molar-refractivity contribution in [3.05, 3.63) is 44.3 Å². The maximum absolute atomic E-state index is 12.2. The van der Waals surface area contributed by atoms with Crippen molar-refractivity contribution < 1.29 is 4.79 Å². The highest BCUT2D eigenvalue weighted by Gasteiger charge is 2.22. The summed E-state index contributed by atoms with van der Waals surface area (Å²) in [5, 5.41) is 8.34. The van der Waals surface area contributed by atoms with Gasteiger partial charge >= 0.3 is 0 Å². The van der Waals surface area contributed by atoms with E-state index in [-0.39, 0.29) is 21.4 Å². The minimum absolute atomic E-state index is 0.0903.